The Morgan fingerprint density at radius 3 is 2.77 bits per heavy atom. The molecule has 1 aliphatic carbocycles. The maximum Gasteiger partial charge on any atom is 0.137 e. The van der Waals surface area contributed by atoms with Gasteiger partial charge in [-0.2, -0.15) is 5.10 Å². The van der Waals surface area contributed by atoms with E-state index >= 15 is 0 Å². The van der Waals surface area contributed by atoms with E-state index in [1.54, 1.807) is 12.7 Å². The lowest BCUT2D eigenvalue weighted by molar-refractivity contribution is 0.00735. The van der Waals surface area contributed by atoms with Crippen LogP contribution in [0.3, 0.4) is 0 Å². The molecule has 0 saturated heterocycles. The van der Waals surface area contributed by atoms with E-state index < -0.39 is 0 Å². The third-order valence-corrected chi connectivity index (χ3v) is 7.64. The first kappa shape index (κ1) is 21.0. The van der Waals surface area contributed by atoms with Gasteiger partial charge in [-0.3, -0.25) is 4.68 Å². The van der Waals surface area contributed by atoms with Crippen LogP contribution >= 0.6 is 0 Å². The molecule has 0 bridgehead atoms. The predicted octanol–water partition coefficient (Wildman–Crippen LogP) is 5.60. The molecule has 30 heavy (non-hydrogen) atoms. The fourth-order valence-electron chi connectivity index (χ4n) is 5.59. The number of ether oxygens (including phenoxy) is 1. The summed E-state index contributed by atoms with van der Waals surface area (Å²) in [6.07, 6.45) is 8.69. The van der Waals surface area contributed by atoms with E-state index in [2.05, 4.69) is 63.8 Å². The molecule has 0 spiro atoms. The summed E-state index contributed by atoms with van der Waals surface area (Å²) in [7, 11) is 0. The van der Waals surface area contributed by atoms with E-state index in [0.717, 1.165) is 42.7 Å². The minimum Gasteiger partial charge on any atom is -0.508 e. The highest BCUT2D eigenvalue weighted by Crippen LogP contribution is 2.55. The Morgan fingerprint density at radius 1 is 1.33 bits per heavy atom. The van der Waals surface area contributed by atoms with Gasteiger partial charge in [0.25, 0.3) is 0 Å². The smallest absolute Gasteiger partial charge is 0.137 e. The number of hydrogen-bond donors (Lipinski definition) is 1. The number of allylic oxidation sites excluding steroid dienone is 2. The second-order valence-corrected chi connectivity index (χ2v) is 10.3. The second kappa shape index (κ2) is 7.44. The highest BCUT2D eigenvalue weighted by atomic mass is 16.5. The molecule has 1 N–H and O–H groups in total. The first-order valence-electron chi connectivity index (χ1n) is 11.2. The maximum atomic E-state index is 11.2. The number of fused-ring (bicyclic) bond motifs is 3. The number of rotatable bonds is 5. The standard InChI is InChI=1S/C25H35N3O2/c1-7-17(13-28-15-26-14-27-28)24(3,4)18-11-21(29)23-19-10-16(2)8-9-20(19)25(5,6)30-22(23)12-18/h8,11-12,14-15,17,19-20,29H,7,9-10,13H2,1-6H3/t17?,19-,20?/m1/s1. The first-order chi connectivity index (χ1) is 14.1. The van der Waals surface area contributed by atoms with E-state index in [1.165, 1.54) is 5.57 Å². The summed E-state index contributed by atoms with van der Waals surface area (Å²) in [6, 6.07) is 4.17. The molecule has 1 aliphatic heterocycles. The van der Waals surface area contributed by atoms with E-state index in [-0.39, 0.29) is 11.0 Å². The van der Waals surface area contributed by atoms with Crippen molar-refractivity contribution in [3.63, 3.8) is 0 Å². The zero-order valence-corrected chi connectivity index (χ0v) is 19.1. The lowest BCUT2D eigenvalue weighted by atomic mass is 9.66. The van der Waals surface area contributed by atoms with Gasteiger partial charge in [0.1, 0.15) is 29.8 Å². The number of phenols is 1. The Morgan fingerprint density at radius 2 is 2.10 bits per heavy atom. The van der Waals surface area contributed by atoms with Crippen LogP contribution in [0.1, 0.15) is 77.8 Å². The molecule has 162 valence electrons. The van der Waals surface area contributed by atoms with Gasteiger partial charge in [-0.25, -0.2) is 4.98 Å². The van der Waals surface area contributed by atoms with E-state index in [4.69, 9.17) is 4.74 Å². The predicted molar refractivity (Wildman–Crippen MR) is 119 cm³/mol. The molecule has 3 atom stereocenters. The van der Waals surface area contributed by atoms with Gasteiger partial charge in [0.05, 0.1) is 0 Å². The van der Waals surface area contributed by atoms with Crippen LogP contribution in [0, 0.1) is 11.8 Å². The maximum absolute atomic E-state index is 11.2. The van der Waals surface area contributed by atoms with Gasteiger partial charge >= 0.3 is 0 Å². The molecule has 2 heterocycles. The van der Waals surface area contributed by atoms with Gasteiger partial charge in [0.15, 0.2) is 0 Å². The number of aromatic hydroxyl groups is 1. The molecule has 2 aliphatic rings. The summed E-state index contributed by atoms with van der Waals surface area (Å²) in [4.78, 5) is 4.08. The second-order valence-electron chi connectivity index (χ2n) is 10.3. The Kier molecular flexibility index (Phi) is 5.19. The number of phenolic OH excluding ortho intramolecular Hbond substituents is 1. The van der Waals surface area contributed by atoms with Crippen LogP contribution in [-0.2, 0) is 12.0 Å². The largest absolute Gasteiger partial charge is 0.508 e. The lowest BCUT2D eigenvalue weighted by Crippen LogP contribution is -2.45. The monoisotopic (exact) mass is 409 g/mol. The van der Waals surface area contributed by atoms with Crippen LogP contribution in [0.4, 0.5) is 0 Å². The summed E-state index contributed by atoms with van der Waals surface area (Å²) < 4.78 is 8.44. The van der Waals surface area contributed by atoms with Gasteiger partial charge in [-0.15, -0.1) is 0 Å². The van der Waals surface area contributed by atoms with Crippen LogP contribution in [0.5, 0.6) is 11.5 Å². The highest BCUT2D eigenvalue weighted by molar-refractivity contribution is 5.54. The SMILES string of the molecule is CCC(Cn1cncn1)C(C)(C)c1cc(O)c2c(c1)OC(C)(C)C1CC=C(C)C[C@@H]21. The summed E-state index contributed by atoms with van der Waals surface area (Å²) in [5.74, 6) is 2.28. The van der Waals surface area contributed by atoms with Gasteiger partial charge in [-0.05, 0) is 62.6 Å². The first-order valence-corrected chi connectivity index (χ1v) is 11.2. The van der Waals surface area contributed by atoms with E-state index in [0.29, 0.717) is 23.5 Å². The Balaban J connectivity index is 1.73. The average Bonchev–Trinajstić information content (AvgIpc) is 3.17. The molecule has 1 aromatic carbocycles. The van der Waals surface area contributed by atoms with Crippen molar-refractivity contribution in [2.24, 2.45) is 11.8 Å². The topological polar surface area (TPSA) is 60.2 Å². The Hall–Kier alpha value is -2.30. The van der Waals surface area contributed by atoms with Crippen LogP contribution in [-0.4, -0.2) is 25.5 Å². The van der Waals surface area contributed by atoms with Gasteiger partial charge < -0.3 is 9.84 Å². The highest BCUT2D eigenvalue weighted by Gasteiger charge is 2.46. The lowest BCUT2D eigenvalue weighted by Gasteiger charge is -2.47. The molecule has 0 saturated carbocycles. The molecule has 5 heteroatoms. The Labute approximate surface area is 180 Å². The van der Waals surface area contributed by atoms with E-state index in [1.807, 2.05) is 10.7 Å². The minimum atomic E-state index is -0.255. The van der Waals surface area contributed by atoms with Crippen molar-refractivity contribution in [3.05, 3.63) is 47.6 Å². The van der Waals surface area contributed by atoms with Crippen LogP contribution in [0.2, 0.25) is 0 Å². The van der Waals surface area contributed by atoms with E-state index in [9.17, 15) is 5.11 Å². The molecule has 2 unspecified atom stereocenters. The van der Waals surface area contributed by atoms with Crippen molar-refractivity contribution in [2.75, 3.05) is 0 Å². The van der Waals surface area contributed by atoms with Crippen LogP contribution < -0.4 is 4.74 Å². The fraction of sp³-hybridized carbons (Fsp3) is 0.600. The van der Waals surface area contributed by atoms with Crippen LogP contribution in [0.25, 0.3) is 0 Å². The number of benzene rings is 1. The van der Waals surface area contributed by atoms with Gasteiger partial charge in [0.2, 0.25) is 0 Å². The number of aromatic nitrogens is 3. The number of nitrogens with zero attached hydrogens (tertiary/aromatic N) is 3. The zero-order chi connectivity index (χ0) is 21.7. The van der Waals surface area contributed by atoms with Crippen molar-refractivity contribution in [1.29, 1.82) is 0 Å². The Bertz CT molecular complexity index is 944. The molecule has 5 nitrogen and oxygen atoms in total. The van der Waals surface area contributed by atoms with Gasteiger partial charge in [0, 0.05) is 23.9 Å². The van der Waals surface area contributed by atoms with Crippen molar-refractivity contribution in [3.8, 4) is 11.5 Å². The summed E-state index contributed by atoms with van der Waals surface area (Å²) in [6.45, 7) is 14.1. The van der Waals surface area contributed by atoms with Crippen molar-refractivity contribution >= 4 is 0 Å². The van der Waals surface area contributed by atoms with Crippen molar-refractivity contribution in [2.45, 2.75) is 84.3 Å². The van der Waals surface area contributed by atoms with Gasteiger partial charge in [-0.1, -0.05) is 38.8 Å². The average molecular weight is 410 g/mol. The fourth-order valence-corrected chi connectivity index (χ4v) is 5.59. The molecule has 0 amide bonds. The molecule has 0 fully saturated rings. The molecular weight excluding hydrogens is 374 g/mol. The normalized spacial score (nSPS) is 23.7. The molecule has 0 radical (unpaired) electrons. The third kappa shape index (κ3) is 3.52. The van der Waals surface area contributed by atoms with Crippen molar-refractivity contribution in [1.82, 2.24) is 14.8 Å². The molecule has 1 aromatic heterocycles. The molecule has 4 rings (SSSR count). The summed E-state index contributed by atoms with van der Waals surface area (Å²) in [5.41, 5.74) is 3.11. The zero-order valence-electron chi connectivity index (χ0n) is 19.1. The van der Waals surface area contributed by atoms with Crippen molar-refractivity contribution < 1.29 is 9.84 Å². The third-order valence-electron chi connectivity index (χ3n) is 7.64. The molecule has 2 aromatic rings. The summed E-state index contributed by atoms with van der Waals surface area (Å²) >= 11 is 0. The quantitative estimate of drug-likeness (QED) is 0.653. The summed E-state index contributed by atoms with van der Waals surface area (Å²) in [5, 5.41) is 15.5. The molecular formula is C25H35N3O2. The minimum absolute atomic E-state index is 0.153. The van der Waals surface area contributed by atoms with Crippen LogP contribution in [0.15, 0.2) is 36.4 Å². The number of hydrogen-bond acceptors (Lipinski definition) is 4.